The zero-order valence-electron chi connectivity index (χ0n) is 15.4. The van der Waals surface area contributed by atoms with Crippen LogP contribution in [0.5, 0.6) is 0 Å². The highest BCUT2D eigenvalue weighted by molar-refractivity contribution is 7.99. The van der Waals surface area contributed by atoms with Crippen LogP contribution < -0.4 is 5.76 Å². The first-order valence-electron chi connectivity index (χ1n) is 9.42. The van der Waals surface area contributed by atoms with Crippen LogP contribution in [0.15, 0.2) is 38.6 Å². The van der Waals surface area contributed by atoms with Crippen LogP contribution >= 0.6 is 11.8 Å². The van der Waals surface area contributed by atoms with E-state index in [1.165, 1.54) is 37.8 Å². The van der Waals surface area contributed by atoms with Gasteiger partial charge in [0.2, 0.25) is 0 Å². The number of hydrogen-bond donors (Lipinski definition) is 0. The lowest BCUT2D eigenvalue weighted by molar-refractivity contribution is 0.332. The van der Waals surface area contributed by atoms with Crippen LogP contribution in [0.3, 0.4) is 0 Å². The zero-order chi connectivity index (χ0) is 18.1. The molecule has 2 aromatic heterocycles. The van der Waals surface area contributed by atoms with E-state index in [1.54, 1.807) is 16.3 Å². The maximum absolute atomic E-state index is 12.1. The van der Waals surface area contributed by atoms with Crippen molar-refractivity contribution in [3.63, 3.8) is 0 Å². The zero-order valence-corrected chi connectivity index (χ0v) is 16.2. The topological polar surface area (TPSA) is 53.0 Å². The van der Waals surface area contributed by atoms with Gasteiger partial charge in [0.15, 0.2) is 10.7 Å². The molecule has 1 aliphatic rings. The first-order valence-corrected chi connectivity index (χ1v) is 10.4. The van der Waals surface area contributed by atoms with Crippen molar-refractivity contribution in [2.75, 3.05) is 5.75 Å². The number of nitrogens with zero attached hydrogens (tertiary/aromatic N) is 3. The second-order valence-electron chi connectivity index (χ2n) is 7.06. The Labute approximate surface area is 157 Å². The minimum Gasteiger partial charge on any atom is -0.408 e. The maximum atomic E-state index is 12.1. The predicted octanol–water partition coefficient (Wildman–Crippen LogP) is 4.71. The van der Waals surface area contributed by atoms with E-state index in [-0.39, 0.29) is 5.76 Å². The number of hydrogen-bond acceptors (Lipinski definition) is 4. The summed E-state index contributed by atoms with van der Waals surface area (Å²) in [4.78, 5) is 16.9. The molecule has 0 bridgehead atoms. The van der Waals surface area contributed by atoms with E-state index < -0.39 is 0 Å². The molecular weight excluding hydrogens is 346 g/mol. The summed E-state index contributed by atoms with van der Waals surface area (Å²) >= 11 is 1.74. The smallest absolute Gasteiger partial charge is 0.408 e. The molecule has 1 saturated carbocycles. The van der Waals surface area contributed by atoms with Crippen molar-refractivity contribution in [3.8, 4) is 0 Å². The minimum absolute atomic E-state index is 0.283. The molecular formula is C20H25N3O2S. The monoisotopic (exact) mass is 371 g/mol. The average molecular weight is 372 g/mol. The summed E-state index contributed by atoms with van der Waals surface area (Å²) in [5.74, 6) is 0.515. The highest BCUT2D eigenvalue weighted by Gasteiger charge is 2.22. The van der Waals surface area contributed by atoms with Crippen molar-refractivity contribution < 1.29 is 4.42 Å². The maximum Gasteiger partial charge on any atom is 0.419 e. The van der Waals surface area contributed by atoms with Crippen molar-refractivity contribution in [1.29, 1.82) is 0 Å². The Kier molecular flexibility index (Phi) is 4.94. The number of aromatic nitrogens is 3. The number of para-hydroxylation sites is 2. The van der Waals surface area contributed by atoms with E-state index >= 15 is 0 Å². The van der Waals surface area contributed by atoms with Gasteiger partial charge in [0.25, 0.3) is 0 Å². The summed E-state index contributed by atoms with van der Waals surface area (Å²) in [5, 5.41) is 1.09. The summed E-state index contributed by atoms with van der Waals surface area (Å²) in [7, 11) is 0. The van der Waals surface area contributed by atoms with E-state index in [2.05, 4.69) is 18.4 Å². The number of imidazole rings is 1. The third kappa shape index (κ3) is 3.22. The molecule has 1 fully saturated rings. The molecule has 6 heteroatoms. The molecule has 1 aromatic carbocycles. The van der Waals surface area contributed by atoms with Crippen LogP contribution in [0.1, 0.15) is 49.5 Å². The van der Waals surface area contributed by atoms with Gasteiger partial charge in [-0.1, -0.05) is 43.2 Å². The first-order chi connectivity index (χ1) is 12.6. The Bertz CT molecular complexity index is 963. The van der Waals surface area contributed by atoms with E-state index in [9.17, 15) is 4.79 Å². The molecule has 0 spiro atoms. The van der Waals surface area contributed by atoms with E-state index in [0.29, 0.717) is 18.2 Å². The summed E-state index contributed by atoms with van der Waals surface area (Å²) in [6.45, 7) is 4.89. The van der Waals surface area contributed by atoms with Crippen LogP contribution in [0.25, 0.3) is 11.1 Å². The third-order valence-corrected chi connectivity index (χ3v) is 6.35. The van der Waals surface area contributed by atoms with Crippen molar-refractivity contribution in [2.24, 2.45) is 0 Å². The molecule has 0 aliphatic heterocycles. The average Bonchev–Trinajstić information content (AvgIpc) is 3.12. The number of benzene rings is 1. The van der Waals surface area contributed by atoms with Gasteiger partial charge < -0.3 is 8.98 Å². The second kappa shape index (κ2) is 7.35. The molecule has 0 atom stereocenters. The number of aryl methyl sites for hydroxylation is 2. The molecule has 2 heterocycles. The van der Waals surface area contributed by atoms with Gasteiger partial charge in [0.05, 0.1) is 11.2 Å². The van der Waals surface area contributed by atoms with Crippen LogP contribution in [-0.4, -0.2) is 19.9 Å². The summed E-state index contributed by atoms with van der Waals surface area (Å²) in [6.07, 6.45) is 6.46. The molecule has 26 heavy (non-hydrogen) atoms. The third-order valence-electron chi connectivity index (χ3n) is 5.41. The van der Waals surface area contributed by atoms with Gasteiger partial charge >= 0.3 is 5.76 Å². The normalized spacial score (nSPS) is 15.8. The fourth-order valence-corrected chi connectivity index (χ4v) is 5.00. The quantitative estimate of drug-likeness (QED) is 0.610. The molecule has 5 nitrogen and oxygen atoms in total. The van der Waals surface area contributed by atoms with Gasteiger partial charge in [-0.2, -0.15) is 0 Å². The van der Waals surface area contributed by atoms with Crippen molar-refractivity contribution >= 4 is 22.9 Å². The predicted molar refractivity (Wildman–Crippen MR) is 105 cm³/mol. The summed E-state index contributed by atoms with van der Waals surface area (Å²) < 4.78 is 9.48. The van der Waals surface area contributed by atoms with Gasteiger partial charge in [-0.05, 0) is 38.8 Å². The van der Waals surface area contributed by atoms with Crippen molar-refractivity contribution in [1.82, 2.24) is 14.1 Å². The largest absolute Gasteiger partial charge is 0.419 e. The number of fused-ring (bicyclic) bond motifs is 1. The Hall–Kier alpha value is -1.95. The minimum atomic E-state index is -0.283. The van der Waals surface area contributed by atoms with Gasteiger partial charge in [-0.15, -0.1) is 0 Å². The highest BCUT2D eigenvalue weighted by Crippen LogP contribution is 2.34. The summed E-state index contributed by atoms with van der Waals surface area (Å²) in [6, 6.07) is 8.16. The summed E-state index contributed by atoms with van der Waals surface area (Å²) in [5.41, 5.74) is 3.91. The Balaban J connectivity index is 1.52. The Morgan fingerprint density at radius 3 is 2.77 bits per heavy atom. The molecule has 4 rings (SSSR count). The number of rotatable bonds is 5. The highest BCUT2D eigenvalue weighted by atomic mass is 32.2. The van der Waals surface area contributed by atoms with E-state index in [1.807, 2.05) is 24.3 Å². The molecule has 138 valence electrons. The van der Waals surface area contributed by atoms with Crippen molar-refractivity contribution in [3.05, 3.63) is 46.2 Å². The molecule has 3 aromatic rings. The molecule has 0 unspecified atom stereocenters. The molecule has 0 amide bonds. The molecule has 1 aliphatic carbocycles. The first kappa shape index (κ1) is 17.5. The fraction of sp³-hybridized carbons (Fsp3) is 0.500. The molecule has 0 saturated heterocycles. The van der Waals surface area contributed by atoms with Gasteiger partial charge in [-0.3, -0.25) is 4.57 Å². The fourth-order valence-electron chi connectivity index (χ4n) is 3.92. The van der Waals surface area contributed by atoms with Gasteiger partial charge in [0, 0.05) is 24.0 Å². The lowest BCUT2D eigenvalue weighted by Crippen LogP contribution is -2.17. The van der Waals surface area contributed by atoms with E-state index in [0.717, 1.165) is 22.1 Å². The second-order valence-corrected chi connectivity index (χ2v) is 8.12. The lowest BCUT2D eigenvalue weighted by Gasteiger charge is -2.26. The SMILES string of the molecule is Cc1nc(SCCn2c(=O)oc3ccccc32)n(C2CCCCC2)c1C. The molecule has 0 N–H and O–H groups in total. The van der Waals surface area contributed by atoms with Crippen molar-refractivity contribution in [2.45, 2.75) is 63.7 Å². The van der Waals surface area contributed by atoms with Crippen LogP contribution in [0.2, 0.25) is 0 Å². The number of oxazole rings is 1. The van der Waals surface area contributed by atoms with Crippen LogP contribution in [0.4, 0.5) is 0 Å². The Morgan fingerprint density at radius 1 is 1.19 bits per heavy atom. The Morgan fingerprint density at radius 2 is 1.96 bits per heavy atom. The van der Waals surface area contributed by atoms with Crippen LogP contribution in [-0.2, 0) is 6.54 Å². The molecule has 0 radical (unpaired) electrons. The standard InChI is InChI=1S/C20H25N3O2S/c1-14-15(2)23(16-8-4-3-5-9-16)19(21-14)26-13-12-22-17-10-6-7-11-18(17)25-20(22)24/h6-7,10-11,16H,3-5,8-9,12-13H2,1-2H3. The van der Waals surface area contributed by atoms with E-state index in [4.69, 9.17) is 9.40 Å². The number of thioether (sulfide) groups is 1. The van der Waals surface area contributed by atoms with Gasteiger partial charge in [0.1, 0.15) is 0 Å². The lowest BCUT2D eigenvalue weighted by atomic mass is 9.95. The van der Waals surface area contributed by atoms with Crippen LogP contribution in [0, 0.1) is 13.8 Å². The van der Waals surface area contributed by atoms with Gasteiger partial charge in [-0.25, -0.2) is 9.78 Å².